The lowest BCUT2D eigenvalue weighted by Gasteiger charge is -2.20. The van der Waals surface area contributed by atoms with Crippen molar-refractivity contribution < 1.29 is 13.9 Å². The molecule has 0 spiro atoms. The van der Waals surface area contributed by atoms with Gasteiger partial charge in [0.25, 0.3) is 0 Å². The zero-order chi connectivity index (χ0) is 13.7. The van der Waals surface area contributed by atoms with Gasteiger partial charge in [0.15, 0.2) is 0 Å². The number of benzene rings is 1. The minimum absolute atomic E-state index is 0.109. The van der Waals surface area contributed by atoms with Crippen LogP contribution in [-0.4, -0.2) is 31.9 Å². The lowest BCUT2D eigenvalue weighted by molar-refractivity contribution is 0.0824. The molecule has 1 aliphatic heterocycles. The zero-order valence-electron chi connectivity index (χ0n) is 11.0. The zero-order valence-corrected chi connectivity index (χ0v) is 11.8. The van der Waals surface area contributed by atoms with Crippen molar-refractivity contribution in [2.45, 2.75) is 31.9 Å². The lowest BCUT2D eigenvalue weighted by atomic mass is 10.1. The van der Waals surface area contributed by atoms with Gasteiger partial charge in [-0.2, -0.15) is 0 Å². The third kappa shape index (κ3) is 4.34. The van der Waals surface area contributed by atoms with E-state index < -0.39 is 5.82 Å². The van der Waals surface area contributed by atoms with E-state index in [0.29, 0.717) is 31.0 Å². The van der Waals surface area contributed by atoms with Crippen LogP contribution in [0.5, 0.6) is 5.75 Å². The van der Waals surface area contributed by atoms with E-state index in [1.807, 2.05) is 0 Å². The van der Waals surface area contributed by atoms with Crippen molar-refractivity contribution in [3.05, 3.63) is 29.0 Å². The normalized spacial score (nSPS) is 20.5. The second-order valence-corrected chi connectivity index (χ2v) is 5.13. The maximum atomic E-state index is 13.2. The molecule has 2 atom stereocenters. The van der Waals surface area contributed by atoms with E-state index in [1.54, 1.807) is 6.07 Å². The molecule has 2 unspecified atom stereocenters. The molecule has 0 bridgehead atoms. The summed E-state index contributed by atoms with van der Waals surface area (Å²) in [6.45, 7) is 4.15. The fourth-order valence-corrected chi connectivity index (χ4v) is 2.27. The van der Waals surface area contributed by atoms with Gasteiger partial charge in [-0.05, 0) is 31.9 Å². The summed E-state index contributed by atoms with van der Waals surface area (Å²) < 4.78 is 24.2. The number of ether oxygens (including phenoxy) is 2. The van der Waals surface area contributed by atoms with E-state index in [2.05, 4.69) is 12.2 Å². The second-order valence-electron chi connectivity index (χ2n) is 4.72. The van der Waals surface area contributed by atoms with E-state index in [1.165, 1.54) is 12.1 Å². The maximum Gasteiger partial charge on any atom is 0.145 e. The molecule has 2 rings (SSSR count). The van der Waals surface area contributed by atoms with Gasteiger partial charge >= 0.3 is 0 Å². The van der Waals surface area contributed by atoms with Gasteiger partial charge in [-0.25, -0.2) is 4.39 Å². The molecule has 0 aromatic heterocycles. The molecule has 1 fully saturated rings. The minimum atomic E-state index is -0.458. The summed E-state index contributed by atoms with van der Waals surface area (Å²) in [5.74, 6) is 0.0355. The van der Waals surface area contributed by atoms with Gasteiger partial charge in [0.1, 0.15) is 18.2 Å². The summed E-state index contributed by atoms with van der Waals surface area (Å²) in [5, 5.41) is 3.46. The molecule has 0 amide bonds. The Labute approximate surface area is 118 Å². The molecular formula is C14H19ClFNO2. The van der Waals surface area contributed by atoms with E-state index in [4.69, 9.17) is 21.1 Å². The Balaban J connectivity index is 1.67. The van der Waals surface area contributed by atoms with Crippen LogP contribution >= 0.6 is 11.6 Å². The molecule has 1 aliphatic rings. The molecule has 1 saturated heterocycles. The SMILES string of the molecule is CC(NCCOc1ccc(Cl)c(F)c1)C1CCCO1. The first-order valence-electron chi connectivity index (χ1n) is 6.59. The fourth-order valence-electron chi connectivity index (χ4n) is 2.15. The predicted molar refractivity (Wildman–Crippen MR) is 73.3 cm³/mol. The van der Waals surface area contributed by atoms with Gasteiger partial charge in [-0.15, -0.1) is 0 Å². The number of halogens is 2. The molecule has 106 valence electrons. The van der Waals surface area contributed by atoms with Crippen molar-refractivity contribution in [1.82, 2.24) is 5.32 Å². The van der Waals surface area contributed by atoms with Crippen molar-refractivity contribution in [3.8, 4) is 5.75 Å². The van der Waals surface area contributed by atoms with Crippen LogP contribution in [0.25, 0.3) is 0 Å². The van der Waals surface area contributed by atoms with Gasteiger partial charge in [0, 0.05) is 25.3 Å². The van der Waals surface area contributed by atoms with Crippen LogP contribution in [0, 0.1) is 5.82 Å². The first kappa shape index (κ1) is 14.6. The standard InChI is InChI=1S/C14H19ClFNO2/c1-10(14-3-2-7-19-14)17-6-8-18-11-4-5-12(15)13(16)9-11/h4-5,9-10,14,17H,2-3,6-8H2,1H3. The van der Waals surface area contributed by atoms with Crippen LogP contribution < -0.4 is 10.1 Å². The molecule has 1 N–H and O–H groups in total. The summed E-state index contributed by atoms with van der Waals surface area (Å²) >= 11 is 5.60. The van der Waals surface area contributed by atoms with Crippen LogP contribution in [0.4, 0.5) is 4.39 Å². The maximum absolute atomic E-state index is 13.2. The predicted octanol–water partition coefficient (Wildman–Crippen LogP) is 3.02. The molecule has 5 heteroatoms. The van der Waals surface area contributed by atoms with Gasteiger partial charge < -0.3 is 14.8 Å². The van der Waals surface area contributed by atoms with Crippen LogP contribution in [0.1, 0.15) is 19.8 Å². The van der Waals surface area contributed by atoms with Crippen LogP contribution in [0.2, 0.25) is 5.02 Å². The van der Waals surface area contributed by atoms with Crippen LogP contribution in [0.15, 0.2) is 18.2 Å². The highest BCUT2D eigenvalue weighted by molar-refractivity contribution is 6.30. The smallest absolute Gasteiger partial charge is 0.145 e. The number of rotatable bonds is 6. The third-order valence-corrected chi connectivity index (χ3v) is 3.56. The van der Waals surface area contributed by atoms with Gasteiger partial charge in [-0.3, -0.25) is 0 Å². The summed E-state index contributed by atoms with van der Waals surface area (Å²) in [5.41, 5.74) is 0. The molecule has 0 radical (unpaired) electrons. The van der Waals surface area contributed by atoms with Gasteiger partial charge in [-0.1, -0.05) is 11.6 Å². The first-order chi connectivity index (χ1) is 9.16. The largest absolute Gasteiger partial charge is 0.492 e. The topological polar surface area (TPSA) is 30.5 Å². The Morgan fingerprint density at radius 2 is 2.42 bits per heavy atom. The Morgan fingerprint density at radius 1 is 1.58 bits per heavy atom. The Hall–Kier alpha value is -0.840. The minimum Gasteiger partial charge on any atom is -0.492 e. The first-order valence-corrected chi connectivity index (χ1v) is 6.97. The Bertz CT molecular complexity index is 410. The number of hydrogen-bond donors (Lipinski definition) is 1. The van der Waals surface area contributed by atoms with E-state index >= 15 is 0 Å². The third-order valence-electron chi connectivity index (χ3n) is 3.25. The monoisotopic (exact) mass is 287 g/mol. The Kier molecular flexibility index (Phi) is 5.43. The highest BCUT2D eigenvalue weighted by Gasteiger charge is 2.21. The van der Waals surface area contributed by atoms with Crippen molar-refractivity contribution >= 4 is 11.6 Å². The Morgan fingerprint density at radius 3 is 3.11 bits per heavy atom. The lowest BCUT2D eigenvalue weighted by Crippen LogP contribution is -2.39. The van der Waals surface area contributed by atoms with Crippen molar-refractivity contribution in [3.63, 3.8) is 0 Å². The van der Waals surface area contributed by atoms with E-state index in [0.717, 1.165) is 19.4 Å². The molecule has 0 saturated carbocycles. The highest BCUT2D eigenvalue weighted by atomic mass is 35.5. The summed E-state index contributed by atoms with van der Waals surface area (Å²) in [6.07, 6.45) is 2.54. The van der Waals surface area contributed by atoms with E-state index in [-0.39, 0.29) is 5.02 Å². The number of nitrogens with one attached hydrogen (secondary N) is 1. The highest BCUT2D eigenvalue weighted by Crippen LogP contribution is 2.20. The van der Waals surface area contributed by atoms with Gasteiger partial charge in [0.05, 0.1) is 11.1 Å². The quantitative estimate of drug-likeness (QED) is 0.816. The second kappa shape index (κ2) is 7.08. The molecule has 1 aromatic rings. The van der Waals surface area contributed by atoms with E-state index in [9.17, 15) is 4.39 Å². The summed E-state index contributed by atoms with van der Waals surface area (Å²) in [4.78, 5) is 0. The molecule has 19 heavy (non-hydrogen) atoms. The van der Waals surface area contributed by atoms with Crippen LogP contribution in [0.3, 0.4) is 0 Å². The molecular weight excluding hydrogens is 269 g/mol. The van der Waals surface area contributed by atoms with Crippen molar-refractivity contribution in [1.29, 1.82) is 0 Å². The molecule has 3 nitrogen and oxygen atoms in total. The molecule has 1 aromatic carbocycles. The molecule has 0 aliphatic carbocycles. The van der Waals surface area contributed by atoms with Crippen molar-refractivity contribution in [2.75, 3.05) is 19.8 Å². The van der Waals surface area contributed by atoms with Crippen molar-refractivity contribution in [2.24, 2.45) is 0 Å². The summed E-state index contributed by atoms with van der Waals surface area (Å²) in [6, 6.07) is 4.77. The average Bonchev–Trinajstić information content (AvgIpc) is 2.92. The summed E-state index contributed by atoms with van der Waals surface area (Å²) in [7, 11) is 0. The fraction of sp³-hybridized carbons (Fsp3) is 0.571. The average molecular weight is 288 g/mol. The molecule has 1 heterocycles. The van der Waals surface area contributed by atoms with Crippen LogP contribution in [-0.2, 0) is 4.74 Å². The number of hydrogen-bond acceptors (Lipinski definition) is 3. The van der Waals surface area contributed by atoms with Gasteiger partial charge in [0.2, 0.25) is 0 Å².